The van der Waals surface area contributed by atoms with Crippen LogP contribution < -0.4 is 17.3 Å². The molecular formula is C25H42ClNO7. The van der Waals surface area contributed by atoms with E-state index in [0.29, 0.717) is 25.9 Å². The topological polar surface area (TPSA) is 102 Å². The molecule has 0 aromatic carbocycles. The van der Waals surface area contributed by atoms with Crippen LogP contribution in [0.15, 0.2) is 0 Å². The van der Waals surface area contributed by atoms with Crippen molar-refractivity contribution in [2.45, 2.75) is 80.2 Å². The van der Waals surface area contributed by atoms with Crippen molar-refractivity contribution in [1.29, 1.82) is 0 Å². The third-order valence-corrected chi connectivity index (χ3v) is 11.8. The highest BCUT2D eigenvalue weighted by Gasteiger charge is 2.96. The number of quaternary nitrogens is 1. The third kappa shape index (κ3) is 2.28. The Morgan fingerprint density at radius 3 is 2.38 bits per heavy atom. The van der Waals surface area contributed by atoms with Crippen molar-refractivity contribution < 1.29 is 51.6 Å². The quantitative estimate of drug-likeness (QED) is 0.293. The molecule has 6 aliphatic rings. The summed E-state index contributed by atoms with van der Waals surface area (Å²) in [5.74, 6) is 0.0275. The van der Waals surface area contributed by atoms with Gasteiger partial charge in [0, 0.05) is 52.1 Å². The first kappa shape index (κ1) is 25.6. The number of halogens is 1. The maximum absolute atomic E-state index is 13.0. The second-order valence-corrected chi connectivity index (χ2v) is 12.1. The van der Waals surface area contributed by atoms with Crippen molar-refractivity contribution in [3.05, 3.63) is 0 Å². The lowest BCUT2D eigenvalue weighted by molar-refractivity contribution is -0.956. The molecule has 5 saturated carbocycles. The summed E-state index contributed by atoms with van der Waals surface area (Å²) < 4.78 is 24.3. The molecule has 6 rings (SSSR count). The molecule has 34 heavy (non-hydrogen) atoms. The van der Waals surface area contributed by atoms with Gasteiger partial charge in [-0.25, -0.2) is 0 Å². The first-order chi connectivity index (χ1) is 15.7. The van der Waals surface area contributed by atoms with E-state index in [-0.39, 0.29) is 47.7 Å². The van der Waals surface area contributed by atoms with E-state index in [9.17, 15) is 15.3 Å². The second kappa shape index (κ2) is 7.74. The maximum Gasteiger partial charge on any atom is 0.175 e. The van der Waals surface area contributed by atoms with Gasteiger partial charge in [-0.05, 0) is 38.5 Å². The summed E-state index contributed by atoms with van der Waals surface area (Å²) in [5.41, 5.74) is -4.89. The molecule has 1 spiro atoms. The molecule has 0 aromatic heterocycles. The van der Waals surface area contributed by atoms with Gasteiger partial charge in [-0.2, -0.15) is 0 Å². The van der Waals surface area contributed by atoms with E-state index >= 15 is 0 Å². The van der Waals surface area contributed by atoms with Crippen molar-refractivity contribution in [1.82, 2.24) is 0 Å². The molecule has 13 atom stereocenters. The van der Waals surface area contributed by atoms with Crippen LogP contribution in [0.4, 0.5) is 0 Å². The van der Waals surface area contributed by atoms with E-state index in [2.05, 4.69) is 6.92 Å². The zero-order chi connectivity index (χ0) is 23.6. The van der Waals surface area contributed by atoms with Gasteiger partial charge in [0.1, 0.15) is 17.2 Å². The van der Waals surface area contributed by atoms with E-state index in [1.165, 1.54) is 4.90 Å². The SMILES string of the molecule is CC[NH+]1CC2(COC)CCC(O)C34C2C(OC)C(O)(C13)C1(O)CC(OC)C2CC4C1(OC)C2.[Cl-]. The van der Waals surface area contributed by atoms with Gasteiger partial charge in [0.15, 0.2) is 5.60 Å². The van der Waals surface area contributed by atoms with E-state index in [0.717, 1.165) is 25.9 Å². The van der Waals surface area contributed by atoms with Crippen molar-refractivity contribution in [3.63, 3.8) is 0 Å². The Hall–Kier alpha value is -0.0300. The molecule has 6 fully saturated rings. The zero-order valence-electron chi connectivity index (χ0n) is 21.1. The number of aliphatic hydroxyl groups excluding tert-OH is 1. The first-order valence-corrected chi connectivity index (χ1v) is 12.8. The Morgan fingerprint density at radius 2 is 1.79 bits per heavy atom. The summed E-state index contributed by atoms with van der Waals surface area (Å²) in [6.07, 6.45) is 1.91. The normalized spacial score (nSPS) is 60.7. The standard InChI is InChI=1S/C25H41NO7.ClH/c1-6-26-12-21(13-30-2)8-7-17(27)24-16-9-14-10-22(16,33-5)23(28,11-15(14)31-3)25(29,20(24)26)19(32-4)18(21)24;/h14-20,27-29H,6-13H2,1-5H3;1H. The Morgan fingerprint density at radius 1 is 1.06 bits per heavy atom. The van der Waals surface area contributed by atoms with Crippen LogP contribution >= 0.6 is 0 Å². The van der Waals surface area contributed by atoms with E-state index in [1.807, 2.05) is 0 Å². The van der Waals surface area contributed by atoms with Gasteiger partial charge in [-0.1, -0.05) is 0 Å². The molecule has 13 unspecified atom stereocenters. The average molecular weight is 504 g/mol. The van der Waals surface area contributed by atoms with Crippen LogP contribution in [0.2, 0.25) is 0 Å². The van der Waals surface area contributed by atoms with E-state index in [1.54, 1.807) is 28.4 Å². The van der Waals surface area contributed by atoms with Gasteiger partial charge in [-0.15, -0.1) is 0 Å². The summed E-state index contributed by atoms with van der Waals surface area (Å²) in [5, 5.41) is 37.8. The predicted molar refractivity (Wildman–Crippen MR) is 118 cm³/mol. The Bertz CT molecular complexity index is 835. The summed E-state index contributed by atoms with van der Waals surface area (Å²) >= 11 is 0. The molecular weight excluding hydrogens is 462 g/mol. The highest BCUT2D eigenvalue weighted by atomic mass is 35.5. The fourth-order valence-electron chi connectivity index (χ4n) is 11.3. The van der Waals surface area contributed by atoms with Crippen LogP contribution in [-0.4, -0.2) is 105 Å². The maximum atomic E-state index is 13.0. The summed E-state index contributed by atoms with van der Waals surface area (Å²) in [6, 6.07) is -0.335. The molecule has 8 nitrogen and oxygen atoms in total. The molecule has 1 aliphatic heterocycles. The predicted octanol–water partition coefficient (Wildman–Crippen LogP) is -4.00. The minimum atomic E-state index is -1.57. The molecule has 196 valence electrons. The highest BCUT2D eigenvalue weighted by molar-refractivity contribution is 5.42. The summed E-state index contributed by atoms with van der Waals surface area (Å²) in [7, 11) is 6.78. The number of ether oxygens (including phenoxy) is 4. The molecule has 1 saturated heterocycles. The smallest absolute Gasteiger partial charge is 0.175 e. The number of likely N-dealkylation sites (N-methyl/N-ethyl adjacent to an activating group) is 1. The molecule has 4 N–H and O–H groups in total. The van der Waals surface area contributed by atoms with Gasteiger partial charge in [0.25, 0.3) is 0 Å². The minimum Gasteiger partial charge on any atom is -1.00 e. The lowest BCUT2D eigenvalue weighted by Gasteiger charge is -2.69. The number of rotatable bonds is 6. The van der Waals surface area contributed by atoms with Crippen molar-refractivity contribution in [2.75, 3.05) is 48.1 Å². The Labute approximate surface area is 208 Å². The second-order valence-electron chi connectivity index (χ2n) is 12.1. The number of nitrogens with one attached hydrogen (secondary N) is 1. The molecule has 0 aromatic rings. The lowest BCUT2D eigenvalue weighted by Crippen LogP contribution is -3.23. The number of aliphatic hydroxyl groups is 3. The van der Waals surface area contributed by atoms with Gasteiger partial charge in [0.2, 0.25) is 0 Å². The Kier molecular flexibility index (Phi) is 5.83. The number of methoxy groups -OCH3 is 4. The fraction of sp³-hybridized carbons (Fsp3) is 1.00. The third-order valence-electron chi connectivity index (χ3n) is 11.8. The van der Waals surface area contributed by atoms with Crippen LogP contribution in [0.3, 0.4) is 0 Å². The van der Waals surface area contributed by atoms with Gasteiger partial charge >= 0.3 is 0 Å². The summed E-state index contributed by atoms with van der Waals surface area (Å²) in [4.78, 5) is 1.24. The monoisotopic (exact) mass is 503 g/mol. The zero-order valence-corrected chi connectivity index (χ0v) is 21.8. The van der Waals surface area contributed by atoms with Gasteiger partial charge < -0.3 is 51.6 Å². The van der Waals surface area contributed by atoms with Crippen LogP contribution in [0, 0.1) is 28.6 Å². The van der Waals surface area contributed by atoms with Crippen molar-refractivity contribution in [2.24, 2.45) is 28.6 Å². The Balaban J connectivity index is 0.00000241. The molecule has 5 aliphatic carbocycles. The first-order valence-electron chi connectivity index (χ1n) is 12.8. The van der Waals surface area contributed by atoms with Crippen LogP contribution in [0.1, 0.15) is 39.0 Å². The highest BCUT2D eigenvalue weighted by Crippen LogP contribution is 2.79. The van der Waals surface area contributed by atoms with Crippen LogP contribution in [-0.2, 0) is 18.9 Å². The fourth-order valence-corrected chi connectivity index (χ4v) is 11.3. The number of piperidine rings is 1. The number of hydrogen-bond acceptors (Lipinski definition) is 7. The van der Waals surface area contributed by atoms with Gasteiger partial charge in [-0.3, -0.25) is 0 Å². The largest absolute Gasteiger partial charge is 1.00 e. The van der Waals surface area contributed by atoms with Crippen LogP contribution in [0.5, 0.6) is 0 Å². The summed E-state index contributed by atoms with van der Waals surface area (Å²) in [6.45, 7) is 4.36. The molecule has 0 amide bonds. The minimum absolute atomic E-state index is 0. The van der Waals surface area contributed by atoms with Crippen LogP contribution in [0.25, 0.3) is 0 Å². The van der Waals surface area contributed by atoms with E-state index < -0.39 is 34.4 Å². The van der Waals surface area contributed by atoms with Crippen molar-refractivity contribution >= 4 is 0 Å². The molecule has 1 heterocycles. The van der Waals surface area contributed by atoms with E-state index in [4.69, 9.17) is 18.9 Å². The average Bonchev–Trinajstić information content (AvgIpc) is 3.25. The molecule has 0 radical (unpaired) electrons. The van der Waals surface area contributed by atoms with Gasteiger partial charge in [0.05, 0.1) is 43.4 Å². The number of hydrogen-bond donors (Lipinski definition) is 4. The lowest BCUT2D eigenvalue weighted by atomic mass is 9.41. The number of fused-ring (bicyclic) bond motifs is 2. The molecule has 9 heteroatoms. The molecule has 7 bridgehead atoms. The number of likely N-dealkylation sites (tertiary alicyclic amines) is 1. The van der Waals surface area contributed by atoms with Crippen molar-refractivity contribution in [3.8, 4) is 0 Å².